The van der Waals surface area contributed by atoms with E-state index in [1.54, 1.807) is 0 Å². The lowest BCUT2D eigenvalue weighted by atomic mass is 9.68. The summed E-state index contributed by atoms with van der Waals surface area (Å²) in [5, 5.41) is 0. The molecule has 414 valence electrons. The van der Waals surface area contributed by atoms with Crippen molar-refractivity contribution in [2.24, 2.45) is 0 Å². The van der Waals surface area contributed by atoms with E-state index in [2.05, 4.69) is 72.8 Å². The Bertz CT molecular complexity index is 2340. The van der Waals surface area contributed by atoms with Crippen molar-refractivity contribution in [1.82, 2.24) is 0 Å². The molecule has 0 nitrogen and oxygen atoms in total. The molecule has 5 aromatic rings. The van der Waals surface area contributed by atoms with E-state index in [1.165, 1.54) is 346 Å². The third kappa shape index (κ3) is 11.2. The molecule has 0 spiro atoms. The molecular weight excluding hydrogens is 937 g/mol. The fourth-order valence-electron chi connectivity index (χ4n) is 18.8. The van der Waals surface area contributed by atoms with Crippen LogP contribution in [-0.4, -0.2) is 0 Å². The van der Waals surface area contributed by atoms with Crippen LogP contribution in [0.3, 0.4) is 0 Å². The zero-order chi connectivity index (χ0) is 53.8. The Morgan fingerprint density at radius 1 is 0.192 bits per heavy atom. The molecule has 0 bridgehead atoms. The predicted molar refractivity (Wildman–Crippen MR) is 335 cm³/mol. The second kappa shape index (κ2) is 25.5. The predicted octanol–water partition coefficient (Wildman–Crippen LogP) is 24.7. The van der Waals surface area contributed by atoms with E-state index in [-0.39, 0.29) is 0 Å². The number of hydrogen-bond donors (Lipinski definition) is 0. The molecule has 8 aliphatic carbocycles. The average molecular weight is 1040 g/mol. The van der Waals surface area contributed by atoms with Crippen molar-refractivity contribution >= 4 is 0 Å². The molecule has 0 aromatic heterocycles. The Morgan fingerprint density at radius 3 is 0.449 bits per heavy atom. The van der Waals surface area contributed by atoms with Crippen LogP contribution in [0.2, 0.25) is 0 Å². The fraction of sp³-hybridized carbons (Fsp3) is 0.615. The SMILES string of the molecule is [2H]c1c(-c2c(C3CCCCC3)cccc2C2CCCCC2)c(-c2c(C3CCCCC3)cccc2C2CCCCC2)c([2H])c(-c2c(C3CCCCC3)cccc2C2CCCCC2)c1-c1c(C2CCCCC2)cccc1C1CCCCC1. The van der Waals surface area contributed by atoms with Gasteiger partial charge in [-0.3, -0.25) is 0 Å². The minimum absolute atomic E-state index is 0.482. The van der Waals surface area contributed by atoms with Gasteiger partial charge in [-0.15, -0.1) is 0 Å². The summed E-state index contributed by atoms with van der Waals surface area (Å²) in [4.78, 5) is 0. The van der Waals surface area contributed by atoms with Gasteiger partial charge in [-0.05, 0) is 251 Å². The molecule has 0 unspecified atom stereocenters. The van der Waals surface area contributed by atoms with Gasteiger partial charge in [-0.25, -0.2) is 0 Å². The van der Waals surface area contributed by atoms with Gasteiger partial charge in [0.05, 0.1) is 2.74 Å². The molecule has 8 aliphatic rings. The Hall–Kier alpha value is -3.90. The third-order valence-electron chi connectivity index (χ3n) is 22.9. The van der Waals surface area contributed by atoms with Gasteiger partial charge in [0.2, 0.25) is 0 Å². The molecule has 8 saturated carbocycles. The zero-order valence-electron chi connectivity index (χ0n) is 50.8. The lowest BCUT2D eigenvalue weighted by molar-refractivity contribution is 0.436. The summed E-state index contributed by atoms with van der Waals surface area (Å²) in [6, 6.07) is 32.1. The maximum absolute atomic E-state index is 12.3. The smallest absolute Gasteiger partial charge is 0.0617 e. The van der Waals surface area contributed by atoms with E-state index in [4.69, 9.17) is 0 Å². The van der Waals surface area contributed by atoms with Crippen molar-refractivity contribution in [2.75, 3.05) is 0 Å². The summed E-state index contributed by atoms with van der Waals surface area (Å²) in [5.41, 5.74) is 22.8. The Kier molecular flexibility index (Phi) is 16.7. The topological polar surface area (TPSA) is 0 Å². The van der Waals surface area contributed by atoms with Crippen molar-refractivity contribution in [3.05, 3.63) is 129 Å². The summed E-state index contributed by atoms with van der Waals surface area (Å²) in [6.45, 7) is 0. The molecule has 0 heterocycles. The summed E-state index contributed by atoms with van der Waals surface area (Å²) in [5.74, 6) is 3.86. The van der Waals surface area contributed by atoms with Crippen LogP contribution >= 0.6 is 0 Å². The van der Waals surface area contributed by atoms with Gasteiger partial charge < -0.3 is 0 Å². The van der Waals surface area contributed by atoms with Crippen molar-refractivity contribution in [1.29, 1.82) is 0 Å². The normalized spacial score (nSPS) is 23.3. The zero-order valence-corrected chi connectivity index (χ0v) is 48.8. The van der Waals surface area contributed by atoms with Gasteiger partial charge in [-0.2, -0.15) is 0 Å². The van der Waals surface area contributed by atoms with Crippen LogP contribution in [-0.2, 0) is 0 Å². The number of hydrogen-bond acceptors (Lipinski definition) is 0. The minimum Gasteiger partial charge on any atom is -0.0617 e. The van der Waals surface area contributed by atoms with Crippen LogP contribution in [0.5, 0.6) is 0 Å². The highest BCUT2D eigenvalue weighted by Gasteiger charge is 2.36. The van der Waals surface area contributed by atoms with E-state index < -0.39 is 0 Å². The van der Waals surface area contributed by atoms with Crippen LogP contribution in [0.4, 0.5) is 0 Å². The van der Waals surface area contributed by atoms with Crippen molar-refractivity contribution < 1.29 is 2.74 Å². The molecule has 0 amide bonds. The van der Waals surface area contributed by atoms with E-state index in [0.29, 0.717) is 47.3 Å². The Labute approximate surface area is 478 Å². The lowest BCUT2D eigenvalue weighted by Crippen LogP contribution is -2.15. The van der Waals surface area contributed by atoms with Gasteiger partial charge >= 0.3 is 0 Å². The monoisotopic (exact) mass is 1040 g/mol. The van der Waals surface area contributed by atoms with Crippen LogP contribution in [0.25, 0.3) is 44.5 Å². The first-order valence-electron chi connectivity index (χ1n) is 35.3. The lowest BCUT2D eigenvalue weighted by Gasteiger charge is -2.36. The molecule has 0 radical (unpaired) electrons. The molecule has 0 heteroatoms. The van der Waals surface area contributed by atoms with E-state index in [9.17, 15) is 2.74 Å². The first kappa shape index (κ1) is 51.0. The average Bonchev–Trinajstić information content (AvgIpc) is 3.61. The highest BCUT2D eigenvalue weighted by molar-refractivity contribution is 6.00. The highest BCUT2D eigenvalue weighted by atomic mass is 14.4. The number of benzene rings is 5. The molecule has 0 saturated heterocycles. The molecule has 8 fully saturated rings. The molecule has 78 heavy (non-hydrogen) atoms. The Morgan fingerprint density at radius 2 is 0.321 bits per heavy atom. The van der Waals surface area contributed by atoms with Gasteiger partial charge in [0.25, 0.3) is 0 Å². The van der Waals surface area contributed by atoms with Crippen molar-refractivity contribution in [3.8, 4) is 44.5 Å². The van der Waals surface area contributed by atoms with E-state index in [0.717, 1.165) is 12.1 Å². The largest absolute Gasteiger partial charge is 0.0636 e. The van der Waals surface area contributed by atoms with Gasteiger partial charge in [0, 0.05) is 0 Å². The highest BCUT2D eigenvalue weighted by Crippen LogP contribution is 2.58. The maximum atomic E-state index is 12.3. The summed E-state index contributed by atoms with van der Waals surface area (Å²) in [6.07, 6.45) is 51.3. The second-order valence-electron chi connectivity index (χ2n) is 27.7. The van der Waals surface area contributed by atoms with Crippen LogP contribution in [0.1, 0.15) is 351 Å². The van der Waals surface area contributed by atoms with Crippen molar-refractivity contribution in [3.63, 3.8) is 0 Å². The maximum Gasteiger partial charge on any atom is 0.0636 e. The first-order chi connectivity index (χ1) is 39.6. The summed E-state index contributed by atoms with van der Waals surface area (Å²) < 4.78 is 24.6. The van der Waals surface area contributed by atoms with Crippen LogP contribution in [0, 0.1) is 0 Å². The fourth-order valence-corrected chi connectivity index (χ4v) is 18.8. The van der Waals surface area contributed by atoms with Crippen LogP contribution < -0.4 is 0 Å². The number of rotatable bonds is 12. The van der Waals surface area contributed by atoms with Gasteiger partial charge in [0.15, 0.2) is 0 Å². The molecule has 13 rings (SSSR count). The van der Waals surface area contributed by atoms with E-state index >= 15 is 0 Å². The van der Waals surface area contributed by atoms with E-state index in [1.807, 2.05) is 0 Å². The second-order valence-corrected chi connectivity index (χ2v) is 27.7. The first-order valence-corrected chi connectivity index (χ1v) is 34.3. The summed E-state index contributed by atoms with van der Waals surface area (Å²) in [7, 11) is 0. The van der Waals surface area contributed by atoms with Crippen LogP contribution in [0.15, 0.2) is 84.9 Å². The molecule has 5 aromatic carbocycles. The molecular formula is C78H102. The molecule has 0 N–H and O–H groups in total. The van der Waals surface area contributed by atoms with Crippen molar-refractivity contribution in [2.45, 2.75) is 304 Å². The quantitative estimate of drug-likeness (QED) is 0.117. The molecule has 0 atom stereocenters. The molecule has 0 aliphatic heterocycles. The Balaban J connectivity index is 1.25. The van der Waals surface area contributed by atoms with Gasteiger partial charge in [0.1, 0.15) is 0 Å². The minimum atomic E-state index is 0.482. The third-order valence-corrected chi connectivity index (χ3v) is 22.9. The summed E-state index contributed by atoms with van der Waals surface area (Å²) >= 11 is 0. The van der Waals surface area contributed by atoms with Gasteiger partial charge in [-0.1, -0.05) is 227 Å². The standard InChI is InChI=1S/C78H102/c1-9-29-55(30-10-1)63-45-25-46-64(56-31-11-2-12-32-56)75(63)71-53-73(77-67(59-37-17-5-18-38-59)49-27-50-68(77)60-39-19-6-20-40-60)74(78-69(61-41-21-7-22-42-61)51-28-52-70(78)62-43-23-8-24-44-62)54-72(71)76-65(57-33-13-3-14-34-57)47-26-48-66(76)58-35-15-4-16-36-58/h25-28,45-62H,1-24,29-44H2/i53D,54D.